The van der Waals surface area contributed by atoms with E-state index in [4.69, 9.17) is 0 Å². The molecule has 1 aromatic carbocycles. The summed E-state index contributed by atoms with van der Waals surface area (Å²) in [5.74, 6) is 0.603. The highest BCUT2D eigenvalue weighted by molar-refractivity contribution is 7.09. The van der Waals surface area contributed by atoms with Crippen LogP contribution in [0.5, 0.6) is 0 Å². The summed E-state index contributed by atoms with van der Waals surface area (Å²) in [5.41, 5.74) is 2.91. The Bertz CT molecular complexity index is 876. The number of hydrogen-bond donors (Lipinski definition) is 1. The fraction of sp³-hybridized carbons (Fsp3) is 0.455. The van der Waals surface area contributed by atoms with Gasteiger partial charge in [0.15, 0.2) is 0 Å². The number of benzene rings is 1. The minimum absolute atomic E-state index is 0.0236. The molecule has 1 aliphatic carbocycles. The molecule has 1 heterocycles. The molecule has 8 heteroatoms. The van der Waals surface area contributed by atoms with Gasteiger partial charge in [-0.1, -0.05) is 38.1 Å². The fourth-order valence-electron chi connectivity index (χ4n) is 3.92. The third-order valence-electron chi connectivity index (χ3n) is 5.73. The molecule has 2 aromatic rings. The Labute approximate surface area is 178 Å². The van der Waals surface area contributed by atoms with E-state index >= 15 is 0 Å². The lowest BCUT2D eigenvalue weighted by Gasteiger charge is -2.33. The number of rotatable bonds is 9. The third kappa shape index (κ3) is 4.92. The molecule has 1 N–H and O–H groups in total. The molecule has 0 amide bonds. The van der Waals surface area contributed by atoms with Crippen LogP contribution in [0.2, 0.25) is 0 Å². The van der Waals surface area contributed by atoms with E-state index in [0.717, 1.165) is 29.5 Å². The maximum absolute atomic E-state index is 13.4. The van der Waals surface area contributed by atoms with E-state index in [-0.39, 0.29) is 31.2 Å². The highest BCUT2D eigenvalue weighted by Crippen LogP contribution is 2.44. The molecule has 30 heavy (non-hydrogen) atoms. The van der Waals surface area contributed by atoms with Gasteiger partial charge in [0.05, 0.1) is 5.57 Å². The number of allylic oxidation sites excluding steroid dienone is 2. The van der Waals surface area contributed by atoms with Gasteiger partial charge < -0.3 is 10.0 Å². The summed E-state index contributed by atoms with van der Waals surface area (Å²) in [7, 11) is 0. The van der Waals surface area contributed by atoms with Crippen molar-refractivity contribution in [2.24, 2.45) is 5.92 Å². The minimum atomic E-state index is -4.47. The summed E-state index contributed by atoms with van der Waals surface area (Å²) in [5, 5.41) is 19.1. The van der Waals surface area contributed by atoms with Gasteiger partial charge in [-0.2, -0.15) is 13.2 Å². The molecule has 162 valence electrons. The first kappa shape index (κ1) is 22.5. The predicted octanol–water partition coefficient (Wildman–Crippen LogP) is 5.68. The van der Waals surface area contributed by atoms with Crippen molar-refractivity contribution in [3.05, 3.63) is 64.1 Å². The van der Waals surface area contributed by atoms with Crippen LogP contribution in [0, 0.1) is 5.92 Å². The molecule has 0 spiro atoms. The zero-order chi connectivity index (χ0) is 21.7. The predicted molar refractivity (Wildman–Crippen MR) is 114 cm³/mol. The zero-order valence-electron chi connectivity index (χ0n) is 16.9. The zero-order valence-corrected chi connectivity index (χ0v) is 17.7. The van der Waals surface area contributed by atoms with Crippen molar-refractivity contribution in [1.82, 2.24) is 10.2 Å². The largest absolute Gasteiger partial charge is 0.416 e. The maximum atomic E-state index is 13.4. The van der Waals surface area contributed by atoms with E-state index in [9.17, 15) is 18.3 Å². The van der Waals surface area contributed by atoms with E-state index in [0.29, 0.717) is 11.6 Å². The lowest BCUT2D eigenvalue weighted by atomic mass is 9.73. The van der Waals surface area contributed by atoms with Crippen LogP contribution in [0.4, 0.5) is 18.9 Å². The van der Waals surface area contributed by atoms with Crippen LogP contribution in [0.15, 0.2) is 53.6 Å². The van der Waals surface area contributed by atoms with Crippen LogP contribution >= 0.6 is 11.3 Å². The molecule has 1 saturated carbocycles. The van der Waals surface area contributed by atoms with Crippen LogP contribution in [-0.4, -0.2) is 34.8 Å². The lowest BCUT2D eigenvalue weighted by Crippen LogP contribution is -2.29. The molecule has 0 bridgehead atoms. The topological polar surface area (TPSA) is 49.2 Å². The van der Waals surface area contributed by atoms with Crippen LogP contribution in [0.3, 0.4) is 0 Å². The van der Waals surface area contributed by atoms with Crippen LogP contribution in [0.25, 0.3) is 0 Å². The number of aliphatic hydroxyl groups is 1. The van der Waals surface area contributed by atoms with Crippen molar-refractivity contribution in [2.45, 2.75) is 44.7 Å². The summed E-state index contributed by atoms with van der Waals surface area (Å²) < 4.78 is 40.1. The van der Waals surface area contributed by atoms with Gasteiger partial charge >= 0.3 is 6.18 Å². The highest BCUT2D eigenvalue weighted by atomic mass is 32.1. The second-order valence-corrected chi connectivity index (χ2v) is 8.32. The quantitative estimate of drug-likeness (QED) is 0.405. The van der Waals surface area contributed by atoms with E-state index in [1.165, 1.54) is 17.8 Å². The van der Waals surface area contributed by atoms with E-state index in [1.54, 1.807) is 17.3 Å². The Balaban J connectivity index is 1.93. The molecule has 0 aliphatic heterocycles. The first-order chi connectivity index (χ1) is 14.4. The van der Waals surface area contributed by atoms with Gasteiger partial charge in [0, 0.05) is 18.2 Å². The van der Waals surface area contributed by atoms with Gasteiger partial charge in [-0.25, -0.2) is 0 Å². The average Bonchev–Trinajstić information content (AvgIpc) is 3.21. The van der Waals surface area contributed by atoms with Gasteiger partial charge in [-0.15, -0.1) is 21.5 Å². The number of nitrogens with zero attached hydrogens (tertiary/aromatic N) is 3. The van der Waals surface area contributed by atoms with Gasteiger partial charge in [-0.05, 0) is 48.4 Å². The van der Waals surface area contributed by atoms with Crippen molar-refractivity contribution >= 4 is 17.0 Å². The molecule has 0 unspecified atom stereocenters. The number of alkyl halides is 3. The van der Waals surface area contributed by atoms with Crippen molar-refractivity contribution in [1.29, 1.82) is 0 Å². The number of anilines is 1. The molecule has 4 nitrogen and oxygen atoms in total. The Morgan fingerprint density at radius 3 is 2.67 bits per heavy atom. The van der Waals surface area contributed by atoms with Crippen LogP contribution in [-0.2, 0) is 0 Å². The van der Waals surface area contributed by atoms with Gasteiger partial charge in [0.1, 0.15) is 17.2 Å². The van der Waals surface area contributed by atoms with Gasteiger partial charge in [0.2, 0.25) is 0 Å². The van der Waals surface area contributed by atoms with Gasteiger partial charge in [-0.3, -0.25) is 0 Å². The standard InChI is InChI=1S/C22H26F3N3OS/c1-3-15(19(4-2)22(23,24)25)12-28(14-29)18-10-6-9-17(11-18)20(16-7-5-8-16)21-27-26-13-30-21/h4,6,9-11,13,16,20,29H,2-3,5,7-8,12,14H2,1H3/b19-15-/t20-/m1/s1. The molecule has 3 rings (SSSR count). The SMILES string of the molecule is C=C/C(=C(\CC)CN(CO)c1cccc([C@H](c2nncs2)C2CCC2)c1)C(F)(F)F. The van der Waals surface area contributed by atoms with E-state index < -0.39 is 11.7 Å². The summed E-state index contributed by atoms with van der Waals surface area (Å²) in [6.45, 7) is 4.60. The molecule has 0 radical (unpaired) electrons. The Morgan fingerprint density at radius 2 is 2.17 bits per heavy atom. The number of hydrogen-bond acceptors (Lipinski definition) is 5. The Morgan fingerprint density at radius 1 is 1.40 bits per heavy atom. The van der Waals surface area contributed by atoms with E-state index in [1.807, 2.05) is 24.3 Å². The fourth-order valence-corrected chi connectivity index (χ4v) is 4.69. The molecule has 1 aliphatic rings. The second kappa shape index (κ2) is 9.75. The summed E-state index contributed by atoms with van der Waals surface area (Å²) in [6.07, 6.45) is 0.0296. The summed E-state index contributed by atoms with van der Waals surface area (Å²) in [4.78, 5) is 1.55. The third-order valence-corrected chi connectivity index (χ3v) is 6.51. The van der Waals surface area contributed by atoms with Crippen LogP contribution < -0.4 is 4.90 Å². The second-order valence-electron chi connectivity index (χ2n) is 7.45. The summed E-state index contributed by atoms with van der Waals surface area (Å²) >= 11 is 1.52. The number of aliphatic hydroxyl groups excluding tert-OH is 1. The normalized spacial score (nSPS) is 16.6. The lowest BCUT2D eigenvalue weighted by molar-refractivity contribution is -0.0891. The van der Waals surface area contributed by atoms with Crippen molar-refractivity contribution in [3.8, 4) is 0 Å². The van der Waals surface area contributed by atoms with Gasteiger partial charge in [0.25, 0.3) is 0 Å². The molecule has 1 fully saturated rings. The molecular formula is C22H26F3N3OS. The maximum Gasteiger partial charge on any atom is 0.416 e. The monoisotopic (exact) mass is 437 g/mol. The minimum Gasteiger partial charge on any atom is -0.376 e. The average molecular weight is 438 g/mol. The molecule has 1 aromatic heterocycles. The van der Waals surface area contributed by atoms with Crippen molar-refractivity contribution in [2.75, 3.05) is 18.2 Å². The summed E-state index contributed by atoms with van der Waals surface area (Å²) in [6, 6.07) is 7.67. The van der Waals surface area contributed by atoms with E-state index in [2.05, 4.69) is 16.8 Å². The molecular weight excluding hydrogens is 411 g/mol. The Hall–Kier alpha value is -2.19. The first-order valence-corrected chi connectivity index (χ1v) is 10.9. The van der Waals surface area contributed by atoms with Crippen molar-refractivity contribution in [3.63, 3.8) is 0 Å². The molecule has 0 saturated heterocycles. The Kier molecular flexibility index (Phi) is 7.31. The number of aromatic nitrogens is 2. The molecule has 1 atom stereocenters. The number of halogens is 3. The van der Waals surface area contributed by atoms with Crippen LogP contribution in [0.1, 0.15) is 49.1 Å². The van der Waals surface area contributed by atoms with Crippen molar-refractivity contribution < 1.29 is 18.3 Å². The highest BCUT2D eigenvalue weighted by Gasteiger charge is 2.34. The first-order valence-electron chi connectivity index (χ1n) is 10.0. The smallest absolute Gasteiger partial charge is 0.376 e.